The molecule has 0 aliphatic carbocycles. The molecule has 0 radical (unpaired) electrons. The Morgan fingerprint density at radius 1 is 0.743 bits per heavy atom. The summed E-state index contributed by atoms with van der Waals surface area (Å²) in [7, 11) is 0. The molecule has 0 N–H and O–H groups in total. The number of benzene rings is 4. The molecule has 0 fully saturated rings. The molecule has 0 saturated carbocycles. The lowest BCUT2D eigenvalue weighted by atomic mass is 9.80. The van der Waals surface area contributed by atoms with Crippen molar-refractivity contribution in [2.24, 2.45) is 0 Å². The van der Waals surface area contributed by atoms with E-state index in [1.807, 2.05) is 86.6 Å². The molecule has 4 aromatic carbocycles. The first-order valence-electron chi connectivity index (χ1n) is 12.4. The molecule has 3 nitrogen and oxygen atoms in total. The van der Waals surface area contributed by atoms with E-state index in [0.29, 0.717) is 16.9 Å². The van der Waals surface area contributed by atoms with Crippen LogP contribution in [0.1, 0.15) is 68.9 Å². The van der Waals surface area contributed by atoms with Gasteiger partial charge in [0.1, 0.15) is 17.2 Å². The average molecular weight is 467 g/mol. The van der Waals surface area contributed by atoms with Gasteiger partial charge >= 0.3 is 0 Å². The molecule has 4 aromatic rings. The molecule has 35 heavy (non-hydrogen) atoms. The molecule has 180 valence electrons. The molecule has 0 aliphatic heterocycles. The number of rotatable bonds is 9. The van der Waals surface area contributed by atoms with Gasteiger partial charge in [-0.2, -0.15) is 0 Å². The van der Waals surface area contributed by atoms with Crippen LogP contribution in [-0.2, 0) is 5.41 Å². The van der Waals surface area contributed by atoms with Gasteiger partial charge in [-0.15, -0.1) is 0 Å². The third-order valence-corrected chi connectivity index (χ3v) is 6.31. The molecular weight excluding hydrogens is 432 g/mol. The number of hydrogen-bond donors (Lipinski definition) is 0. The lowest BCUT2D eigenvalue weighted by molar-refractivity contribution is 0.103. The fraction of sp³-hybridized carbons (Fsp3) is 0.281. The zero-order chi connectivity index (χ0) is 25.0. The van der Waals surface area contributed by atoms with Crippen LogP contribution in [0.15, 0.2) is 84.9 Å². The average Bonchev–Trinajstić information content (AvgIpc) is 2.84. The highest BCUT2D eigenvalue weighted by Crippen LogP contribution is 2.30. The van der Waals surface area contributed by atoms with Gasteiger partial charge < -0.3 is 9.47 Å². The molecule has 4 rings (SSSR count). The molecule has 3 heteroatoms. The van der Waals surface area contributed by atoms with Gasteiger partial charge in [0.15, 0.2) is 5.78 Å². The first-order chi connectivity index (χ1) is 16.7. The Labute approximate surface area is 208 Å². The second-order valence-electron chi connectivity index (χ2n) is 10.0. The Bertz CT molecular complexity index is 1300. The van der Waals surface area contributed by atoms with Crippen molar-refractivity contribution in [1.82, 2.24) is 0 Å². The summed E-state index contributed by atoms with van der Waals surface area (Å²) in [6.07, 6.45) is 2.39. The molecule has 0 aromatic heterocycles. The van der Waals surface area contributed by atoms with E-state index in [1.165, 1.54) is 5.56 Å². The van der Waals surface area contributed by atoms with E-state index in [0.717, 1.165) is 35.1 Å². The van der Waals surface area contributed by atoms with Crippen molar-refractivity contribution in [2.45, 2.75) is 59.0 Å². The normalized spacial score (nSPS) is 11.6. The number of carbonyl (C=O) groups is 1. The van der Waals surface area contributed by atoms with E-state index in [4.69, 9.17) is 9.47 Å². The minimum Gasteiger partial charge on any atom is -0.491 e. The number of carbonyl (C=O) groups excluding carboxylic acids is 1. The molecule has 0 spiro atoms. The zero-order valence-electron chi connectivity index (χ0n) is 21.3. The Morgan fingerprint density at radius 3 is 1.83 bits per heavy atom. The molecule has 0 aliphatic rings. The molecule has 0 amide bonds. The fourth-order valence-corrected chi connectivity index (χ4v) is 4.43. The van der Waals surface area contributed by atoms with Crippen molar-refractivity contribution >= 4 is 16.6 Å². The highest BCUT2D eigenvalue weighted by atomic mass is 16.5. The lowest BCUT2D eigenvalue weighted by Crippen LogP contribution is -2.16. The Morgan fingerprint density at radius 2 is 1.26 bits per heavy atom. The summed E-state index contributed by atoms with van der Waals surface area (Å²) >= 11 is 0. The summed E-state index contributed by atoms with van der Waals surface area (Å²) in [5.41, 5.74) is 2.72. The second kappa shape index (κ2) is 10.4. The number of ether oxygens (including phenoxy) is 2. The Balaban J connectivity index is 1.45. The summed E-state index contributed by atoms with van der Waals surface area (Å²) in [5, 5.41) is 2.18. The predicted octanol–water partition coefficient (Wildman–Crippen LogP) is 8.73. The standard InChI is InChI=1S/C32H34O3/c1-6-19-32(4,5)27-13-7-23(8-14-27)31(33)24-9-15-28(16-10-24)35-30-18-12-25-20-29(34-22(2)3)17-11-26(25)21-30/h7-18,20-22H,6,19H2,1-5H3. The molecule has 0 saturated heterocycles. The van der Waals surface area contributed by atoms with Crippen LogP contribution in [-0.4, -0.2) is 11.9 Å². The third kappa shape index (κ3) is 5.92. The quantitative estimate of drug-likeness (QED) is 0.231. The van der Waals surface area contributed by atoms with Crippen LogP contribution in [0.4, 0.5) is 0 Å². The third-order valence-electron chi connectivity index (χ3n) is 6.31. The Hall–Kier alpha value is -3.59. The van der Waals surface area contributed by atoms with Crippen LogP contribution in [0.2, 0.25) is 0 Å². The van der Waals surface area contributed by atoms with Gasteiger partial charge in [0.25, 0.3) is 0 Å². The number of hydrogen-bond acceptors (Lipinski definition) is 3. The highest BCUT2D eigenvalue weighted by Gasteiger charge is 2.20. The summed E-state index contributed by atoms with van der Waals surface area (Å²) in [4.78, 5) is 13.0. The van der Waals surface area contributed by atoms with E-state index < -0.39 is 0 Å². The van der Waals surface area contributed by atoms with Crippen LogP contribution in [0.3, 0.4) is 0 Å². The van der Waals surface area contributed by atoms with Crippen LogP contribution < -0.4 is 9.47 Å². The molecule has 0 unspecified atom stereocenters. The minimum absolute atomic E-state index is 0.0153. The van der Waals surface area contributed by atoms with E-state index in [9.17, 15) is 4.79 Å². The maximum Gasteiger partial charge on any atom is 0.193 e. The van der Waals surface area contributed by atoms with Crippen LogP contribution in [0, 0.1) is 0 Å². The molecular formula is C32H34O3. The SMILES string of the molecule is CCCC(C)(C)c1ccc(C(=O)c2ccc(Oc3ccc4cc(OC(C)C)ccc4c3)cc2)cc1. The van der Waals surface area contributed by atoms with Crippen molar-refractivity contribution < 1.29 is 14.3 Å². The van der Waals surface area contributed by atoms with E-state index in [2.05, 4.69) is 32.9 Å². The van der Waals surface area contributed by atoms with E-state index >= 15 is 0 Å². The predicted molar refractivity (Wildman–Crippen MR) is 144 cm³/mol. The highest BCUT2D eigenvalue weighted by molar-refractivity contribution is 6.09. The van der Waals surface area contributed by atoms with Crippen LogP contribution in [0.25, 0.3) is 10.8 Å². The summed E-state index contributed by atoms with van der Waals surface area (Å²) in [6.45, 7) is 10.7. The summed E-state index contributed by atoms with van der Waals surface area (Å²) < 4.78 is 11.8. The second-order valence-corrected chi connectivity index (χ2v) is 10.0. The monoisotopic (exact) mass is 466 g/mol. The van der Waals surface area contributed by atoms with Crippen LogP contribution >= 0.6 is 0 Å². The van der Waals surface area contributed by atoms with Gasteiger partial charge in [0.2, 0.25) is 0 Å². The molecule has 0 atom stereocenters. The maximum atomic E-state index is 13.0. The first-order valence-corrected chi connectivity index (χ1v) is 12.4. The van der Waals surface area contributed by atoms with E-state index in [1.54, 1.807) is 0 Å². The van der Waals surface area contributed by atoms with Crippen molar-refractivity contribution in [3.63, 3.8) is 0 Å². The van der Waals surface area contributed by atoms with Gasteiger partial charge in [-0.25, -0.2) is 0 Å². The van der Waals surface area contributed by atoms with Gasteiger partial charge in [0.05, 0.1) is 6.10 Å². The van der Waals surface area contributed by atoms with Crippen molar-refractivity contribution in [2.75, 3.05) is 0 Å². The van der Waals surface area contributed by atoms with Crippen molar-refractivity contribution in [3.8, 4) is 17.2 Å². The number of fused-ring (bicyclic) bond motifs is 1. The summed E-state index contributed by atoms with van der Waals surface area (Å²) in [5.74, 6) is 2.32. The summed E-state index contributed by atoms with van der Waals surface area (Å²) in [6, 6.07) is 27.4. The van der Waals surface area contributed by atoms with Gasteiger partial charge in [-0.05, 0) is 90.6 Å². The fourth-order valence-electron chi connectivity index (χ4n) is 4.43. The van der Waals surface area contributed by atoms with E-state index in [-0.39, 0.29) is 17.3 Å². The van der Waals surface area contributed by atoms with Crippen molar-refractivity contribution in [3.05, 3.63) is 102 Å². The smallest absolute Gasteiger partial charge is 0.193 e. The largest absolute Gasteiger partial charge is 0.491 e. The topological polar surface area (TPSA) is 35.5 Å². The van der Waals surface area contributed by atoms with Gasteiger partial charge in [0, 0.05) is 11.1 Å². The molecule has 0 heterocycles. The zero-order valence-corrected chi connectivity index (χ0v) is 21.3. The van der Waals surface area contributed by atoms with Gasteiger partial charge in [-0.3, -0.25) is 4.79 Å². The maximum absolute atomic E-state index is 13.0. The van der Waals surface area contributed by atoms with Crippen LogP contribution in [0.5, 0.6) is 17.2 Å². The Kier molecular flexibility index (Phi) is 7.25. The van der Waals surface area contributed by atoms with Gasteiger partial charge in [-0.1, -0.05) is 63.6 Å². The number of ketones is 1. The molecule has 0 bridgehead atoms. The minimum atomic E-state index is 0.0153. The van der Waals surface area contributed by atoms with Crippen molar-refractivity contribution in [1.29, 1.82) is 0 Å². The lowest BCUT2D eigenvalue weighted by Gasteiger charge is -2.24. The first kappa shape index (κ1) is 24.5.